The van der Waals surface area contributed by atoms with Crippen molar-refractivity contribution >= 4 is 23.1 Å². The van der Waals surface area contributed by atoms with Crippen LogP contribution in [0, 0.1) is 11.8 Å². The molecule has 0 fully saturated rings. The maximum absolute atomic E-state index is 12.2. The predicted octanol–water partition coefficient (Wildman–Crippen LogP) is 2.19. The SMILES string of the molecule is CCC(C)CN(CC)C(=O)C(CC)C(N)=S. The first-order valence-corrected chi connectivity index (χ1v) is 6.46. The van der Waals surface area contributed by atoms with E-state index in [0.717, 1.165) is 19.5 Å². The number of hydrogen-bond acceptors (Lipinski definition) is 2. The number of amides is 1. The van der Waals surface area contributed by atoms with Gasteiger partial charge in [0, 0.05) is 13.1 Å². The van der Waals surface area contributed by atoms with Gasteiger partial charge in [0.1, 0.15) is 0 Å². The lowest BCUT2D eigenvalue weighted by Gasteiger charge is -2.27. The van der Waals surface area contributed by atoms with Crippen molar-refractivity contribution in [3.63, 3.8) is 0 Å². The van der Waals surface area contributed by atoms with Gasteiger partial charge in [0.15, 0.2) is 0 Å². The summed E-state index contributed by atoms with van der Waals surface area (Å²) in [5.74, 6) is 0.310. The van der Waals surface area contributed by atoms with Crippen LogP contribution in [0.4, 0.5) is 0 Å². The summed E-state index contributed by atoms with van der Waals surface area (Å²) in [5.41, 5.74) is 5.59. The van der Waals surface area contributed by atoms with Crippen molar-refractivity contribution in [2.24, 2.45) is 17.6 Å². The highest BCUT2D eigenvalue weighted by Gasteiger charge is 2.24. The summed E-state index contributed by atoms with van der Waals surface area (Å²) in [6.07, 6.45) is 1.76. The van der Waals surface area contributed by atoms with Crippen molar-refractivity contribution in [2.45, 2.75) is 40.5 Å². The molecule has 0 radical (unpaired) electrons. The molecule has 0 aliphatic carbocycles. The lowest BCUT2D eigenvalue weighted by atomic mass is 10.0. The minimum Gasteiger partial charge on any atom is -0.393 e. The number of carbonyl (C=O) groups excluding carboxylic acids is 1. The molecule has 2 atom stereocenters. The molecule has 0 spiro atoms. The third-order valence-electron chi connectivity index (χ3n) is 2.97. The van der Waals surface area contributed by atoms with Crippen molar-refractivity contribution in [1.82, 2.24) is 4.90 Å². The van der Waals surface area contributed by atoms with E-state index < -0.39 is 0 Å². The Morgan fingerprint density at radius 1 is 1.31 bits per heavy atom. The van der Waals surface area contributed by atoms with Crippen LogP contribution < -0.4 is 5.73 Å². The van der Waals surface area contributed by atoms with Gasteiger partial charge in [-0.1, -0.05) is 39.4 Å². The van der Waals surface area contributed by atoms with Gasteiger partial charge in [-0.2, -0.15) is 0 Å². The fourth-order valence-electron chi connectivity index (χ4n) is 1.60. The van der Waals surface area contributed by atoms with Crippen LogP contribution in [-0.4, -0.2) is 28.9 Å². The molecular formula is C12H24N2OS. The molecule has 0 bridgehead atoms. The van der Waals surface area contributed by atoms with E-state index in [1.54, 1.807) is 0 Å². The molecule has 0 aromatic heterocycles. The van der Waals surface area contributed by atoms with Gasteiger partial charge in [-0.25, -0.2) is 0 Å². The Labute approximate surface area is 104 Å². The maximum atomic E-state index is 12.2. The first kappa shape index (κ1) is 15.4. The summed E-state index contributed by atoms with van der Waals surface area (Å²) >= 11 is 4.93. The monoisotopic (exact) mass is 244 g/mol. The average Bonchev–Trinajstić information content (AvgIpc) is 2.25. The molecule has 0 rings (SSSR count). The fraction of sp³-hybridized carbons (Fsp3) is 0.833. The van der Waals surface area contributed by atoms with Gasteiger partial charge in [-0.15, -0.1) is 0 Å². The summed E-state index contributed by atoms with van der Waals surface area (Å²) < 4.78 is 0. The Kier molecular flexibility index (Phi) is 7.30. The normalized spacial score (nSPS) is 14.2. The molecule has 0 aliphatic rings. The molecule has 0 saturated heterocycles. The molecule has 2 N–H and O–H groups in total. The second kappa shape index (κ2) is 7.60. The van der Waals surface area contributed by atoms with Crippen LogP contribution in [0.1, 0.15) is 40.5 Å². The second-order valence-corrected chi connectivity index (χ2v) is 4.72. The molecule has 4 heteroatoms. The summed E-state index contributed by atoms with van der Waals surface area (Å²) in [5, 5.41) is 0. The maximum Gasteiger partial charge on any atom is 0.232 e. The summed E-state index contributed by atoms with van der Waals surface area (Å²) in [6, 6.07) is 0. The molecule has 2 unspecified atom stereocenters. The van der Waals surface area contributed by atoms with E-state index in [0.29, 0.717) is 17.3 Å². The van der Waals surface area contributed by atoms with Crippen molar-refractivity contribution in [3.05, 3.63) is 0 Å². The number of nitrogens with two attached hydrogens (primary N) is 1. The smallest absolute Gasteiger partial charge is 0.232 e. The topological polar surface area (TPSA) is 46.3 Å². The summed E-state index contributed by atoms with van der Waals surface area (Å²) in [4.78, 5) is 14.3. The van der Waals surface area contributed by atoms with Crippen LogP contribution in [-0.2, 0) is 4.79 Å². The highest BCUT2D eigenvalue weighted by atomic mass is 32.1. The van der Waals surface area contributed by atoms with Crippen LogP contribution in [0.3, 0.4) is 0 Å². The Hall–Kier alpha value is -0.640. The van der Waals surface area contributed by atoms with Gasteiger partial charge in [-0.3, -0.25) is 4.79 Å². The van der Waals surface area contributed by atoms with Gasteiger partial charge in [-0.05, 0) is 19.3 Å². The van der Waals surface area contributed by atoms with Crippen LogP contribution in [0.5, 0.6) is 0 Å². The molecule has 0 heterocycles. The third-order valence-corrected chi connectivity index (χ3v) is 3.26. The number of thiocarbonyl (C=S) groups is 1. The van der Waals surface area contributed by atoms with Crippen LogP contribution in [0.2, 0.25) is 0 Å². The van der Waals surface area contributed by atoms with E-state index in [4.69, 9.17) is 18.0 Å². The molecular weight excluding hydrogens is 220 g/mol. The van der Waals surface area contributed by atoms with Gasteiger partial charge in [0.05, 0.1) is 10.9 Å². The second-order valence-electron chi connectivity index (χ2n) is 4.25. The Balaban J connectivity index is 4.56. The van der Waals surface area contributed by atoms with E-state index in [9.17, 15) is 4.79 Å². The number of rotatable bonds is 7. The van der Waals surface area contributed by atoms with Gasteiger partial charge in [0.2, 0.25) is 5.91 Å². The molecule has 94 valence electrons. The minimum atomic E-state index is -0.293. The molecule has 0 saturated carbocycles. The zero-order valence-electron chi connectivity index (χ0n) is 10.8. The van der Waals surface area contributed by atoms with Gasteiger partial charge < -0.3 is 10.6 Å². The Morgan fingerprint density at radius 3 is 2.19 bits per heavy atom. The van der Waals surface area contributed by atoms with Crippen LogP contribution in [0.25, 0.3) is 0 Å². The molecule has 1 amide bonds. The lowest BCUT2D eigenvalue weighted by Crippen LogP contribution is -2.42. The predicted molar refractivity (Wildman–Crippen MR) is 72.3 cm³/mol. The zero-order chi connectivity index (χ0) is 12.7. The average molecular weight is 244 g/mol. The molecule has 0 aliphatic heterocycles. The molecule has 3 nitrogen and oxygen atoms in total. The summed E-state index contributed by atoms with van der Waals surface area (Å²) in [7, 11) is 0. The number of nitrogens with zero attached hydrogens (tertiary/aromatic N) is 1. The largest absolute Gasteiger partial charge is 0.393 e. The van der Waals surface area contributed by atoms with Crippen molar-refractivity contribution in [3.8, 4) is 0 Å². The van der Waals surface area contributed by atoms with E-state index >= 15 is 0 Å². The van der Waals surface area contributed by atoms with Crippen molar-refractivity contribution in [2.75, 3.05) is 13.1 Å². The third kappa shape index (κ3) is 4.47. The number of hydrogen-bond donors (Lipinski definition) is 1. The van der Waals surface area contributed by atoms with Crippen LogP contribution in [0.15, 0.2) is 0 Å². The first-order valence-electron chi connectivity index (χ1n) is 6.05. The zero-order valence-corrected chi connectivity index (χ0v) is 11.6. The highest BCUT2D eigenvalue weighted by Crippen LogP contribution is 2.11. The standard InChI is InChI=1S/C12H24N2OS/c1-5-9(4)8-14(7-3)12(15)10(6-2)11(13)16/h9-10H,5-8H2,1-4H3,(H2,13,16). The fourth-order valence-corrected chi connectivity index (χ4v) is 1.87. The van der Waals surface area contributed by atoms with Crippen LogP contribution >= 0.6 is 12.2 Å². The van der Waals surface area contributed by atoms with Crippen molar-refractivity contribution < 1.29 is 4.79 Å². The molecule has 0 aromatic carbocycles. The van der Waals surface area contributed by atoms with E-state index in [-0.39, 0.29) is 11.8 Å². The molecule has 16 heavy (non-hydrogen) atoms. The molecule has 0 aromatic rings. The first-order chi connectivity index (χ1) is 7.47. The van der Waals surface area contributed by atoms with Gasteiger partial charge >= 0.3 is 0 Å². The Morgan fingerprint density at radius 2 is 1.88 bits per heavy atom. The summed E-state index contributed by atoms with van der Waals surface area (Å²) in [6.45, 7) is 9.74. The highest BCUT2D eigenvalue weighted by molar-refractivity contribution is 7.80. The van der Waals surface area contributed by atoms with E-state index in [1.807, 2.05) is 18.7 Å². The van der Waals surface area contributed by atoms with E-state index in [1.165, 1.54) is 0 Å². The quantitative estimate of drug-likeness (QED) is 0.698. The van der Waals surface area contributed by atoms with E-state index in [2.05, 4.69) is 13.8 Å². The van der Waals surface area contributed by atoms with Crippen molar-refractivity contribution in [1.29, 1.82) is 0 Å². The van der Waals surface area contributed by atoms with Gasteiger partial charge in [0.25, 0.3) is 0 Å². The lowest BCUT2D eigenvalue weighted by molar-refractivity contribution is -0.133. The number of carbonyl (C=O) groups is 1. The Bertz CT molecular complexity index is 243. The minimum absolute atomic E-state index is 0.0813.